The summed E-state index contributed by atoms with van der Waals surface area (Å²) >= 11 is 0. The van der Waals surface area contributed by atoms with Crippen molar-refractivity contribution in [2.75, 3.05) is 36.4 Å². The molecule has 36 heavy (non-hydrogen) atoms. The summed E-state index contributed by atoms with van der Waals surface area (Å²) < 4.78 is 0. The van der Waals surface area contributed by atoms with Crippen LogP contribution in [0.5, 0.6) is 0 Å². The van der Waals surface area contributed by atoms with Crippen LogP contribution in [0, 0.1) is 13.8 Å². The molecule has 0 saturated carbocycles. The maximum atomic E-state index is 13.1. The zero-order valence-electron chi connectivity index (χ0n) is 20.5. The first kappa shape index (κ1) is 25.2. The number of halogens is 1. The highest BCUT2D eigenvalue weighted by molar-refractivity contribution is 5.95. The minimum absolute atomic E-state index is 0. The van der Waals surface area contributed by atoms with Crippen LogP contribution < -0.4 is 10.2 Å². The van der Waals surface area contributed by atoms with Crippen molar-refractivity contribution in [3.8, 4) is 11.1 Å². The number of carbonyl (C=O) groups excluding carboxylic acids is 1. The minimum atomic E-state index is 0. The smallest absolute Gasteiger partial charge is 0.253 e. The molecule has 184 valence electrons. The Bertz CT molecular complexity index is 1300. The van der Waals surface area contributed by atoms with Crippen LogP contribution in [0.3, 0.4) is 0 Å². The van der Waals surface area contributed by atoms with Crippen molar-refractivity contribution in [1.29, 1.82) is 0 Å². The van der Waals surface area contributed by atoms with Gasteiger partial charge in [-0.2, -0.15) is 4.98 Å². The normalized spacial score (nSPS) is 13.2. The molecule has 1 fully saturated rings. The molecule has 4 aromatic rings. The molecule has 3 aromatic carbocycles. The fourth-order valence-corrected chi connectivity index (χ4v) is 4.27. The Hall–Kier alpha value is -3.90. The van der Waals surface area contributed by atoms with Crippen molar-refractivity contribution in [2.45, 2.75) is 13.8 Å². The van der Waals surface area contributed by atoms with E-state index in [9.17, 15) is 4.79 Å². The van der Waals surface area contributed by atoms with E-state index in [-0.39, 0.29) is 18.3 Å². The average molecular weight is 500 g/mol. The van der Waals surface area contributed by atoms with Gasteiger partial charge in [-0.15, -0.1) is 12.4 Å². The summed E-state index contributed by atoms with van der Waals surface area (Å²) in [4.78, 5) is 26.5. The van der Waals surface area contributed by atoms with Crippen molar-refractivity contribution in [3.05, 3.63) is 102 Å². The van der Waals surface area contributed by atoms with Crippen LogP contribution in [-0.2, 0) is 0 Å². The molecule has 1 aliphatic rings. The van der Waals surface area contributed by atoms with Crippen molar-refractivity contribution < 1.29 is 4.79 Å². The molecule has 1 aliphatic heterocycles. The van der Waals surface area contributed by atoms with E-state index in [2.05, 4.69) is 46.4 Å². The summed E-state index contributed by atoms with van der Waals surface area (Å²) in [6.07, 6.45) is 0. The molecular weight excluding hydrogens is 470 g/mol. The lowest BCUT2D eigenvalue weighted by Gasteiger charge is -2.35. The van der Waals surface area contributed by atoms with Gasteiger partial charge in [0.25, 0.3) is 5.91 Å². The first-order chi connectivity index (χ1) is 17.0. The number of anilines is 3. The fourth-order valence-electron chi connectivity index (χ4n) is 4.27. The number of carbonyl (C=O) groups is 1. The summed E-state index contributed by atoms with van der Waals surface area (Å²) in [6.45, 7) is 6.71. The molecule has 1 N–H and O–H groups in total. The number of aromatic nitrogens is 2. The van der Waals surface area contributed by atoms with E-state index >= 15 is 0 Å². The van der Waals surface area contributed by atoms with E-state index < -0.39 is 0 Å². The monoisotopic (exact) mass is 499 g/mol. The van der Waals surface area contributed by atoms with E-state index in [1.54, 1.807) is 0 Å². The second kappa shape index (κ2) is 11.2. The quantitative estimate of drug-likeness (QED) is 0.371. The van der Waals surface area contributed by atoms with Gasteiger partial charge in [-0.1, -0.05) is 60.2 Å². The zero-order valence-corrected chi connectivity index (χ0v) is 21.3. The van der Waals surface area contributed by atoms with Gasteiger partial charge in [-0.3, -0.25) is 4.79 Å². The largest absolute Gasteiger partial charge is 0.340 e. The Morgan fingerprint density at radius 1 is 0.778 bits per heavy atom. The molecule has 7 heteroatoms. The molecule has 1 aromatic heterocycles. The van der Waals surface area contributed by atoms with Crippen molar-refractivity contribution in [2.24, 2.45) is 0 Å². The van der Waals surface area contributed by atoms with E-state index in [0.29, 0.717) is 32.1 Å². The predicted octanol–water partition coefficient (Wildman–Crippen LogP) is 5.89. The van der Waals surface area contributed by atoms with Crippen LogP contribution in [0.15, 0.2) is 84.9 Å². The second-order valence-corrected chi connectivity index (χ2v) is 8.91. The van der Waals surface area contributed by atoms with Gasteiger partial charge in [0.2, 0.25) is 5.95 Å². The highest BCUT2D eigenvalue weighted by atomic mass is 35.5. The SMILES string of the molecule is Cc1ccc(Nc2cc(C)nc(N3CCN(C(=O)c4ccc(-c5ccccc5)cc4)CC3)n2)cc1.Cl. The molecule has 0 atom stereocenters. The molecule has 0 bridgehead atoms. The molecule has 1 saturated heterocycles. The lowest BCUT2D eigenvalue weighted by molar-refractivity contribution is 0.0746. The maximum absolute atomic E-state index is 13.1. The molecule has 0 spiro atoms. The number of hydrogen-bond acceptors (Lipinski definition) is 5. The van der Waals surface area contributed by atoms with Gasteiger partial charge in [0.15, 0.2) is 0 Å². The minimum Gasteiger partial charge on any atom is -0.340 e. The Morgan fingerprint density at radius 2 is 1.42 bits per heavy atom. The number of benzene rings is 3. The predicted molar refractivity (Wildman–Crippen MR) is 148 cm³/mol. The van der Waals surface area contributed by atoms with Gasteiger partial charge in [0.1, 0.15) is 5.82 Å². The fraction of sp³-hybridized carbons (Fsp3) is 0.207. The molecular formula is C29H30ClN5O. The lowest BCUT2D eigenvalue weighted by atomic mass is 10.0. The number of nitrogens with zero attached hydrogens (tertiary/aromatic N) is 4. The van der Waals surface area contributed by atoms with Crippen molar-refractivity contribution >= 4 is 35.8 Å². The Morgan fingerprint density at radius 3 is 2.08 bits per heavy atom. The van der Waals surface area contributed by atoms with Gasteiger partial charge in [0.05, 0.1) is 0 Å². The van der Waals surface area contributed by atoms with Crippen LogP contribution in [0.4, 0.5) is 17.5 Å². The first-order valence-corrected chi connectivity index (χ1v) is 11.9. The third-order valence-corrected chi connectivity index (χ3v) is 6.26. The van der Waals surface area contributed by atoms with E-state index in [1.165, 1.54) is 5.56 Å². The highest BCUT2D eigenvalue weighted by Gasteiger charge is 2.24. The second-order valence-electron chi connectivity index (χ2n) is 8.91. The summed E-state index contributed by atoms with van der Waals surface area (Å²) in [7, 11) is 0. The van der Waals surface area contributed by atoms with E-state index in [0.717, 1.165) is 33.9 Å². The number of aryl methyl sites for hydroxylation is 2. The molecule has 5 rings (SSSR count). The number of piperazine rings is 1. The summed E-state index contributed by atoms with van der Waals surface area (Å²) in [5.74, 6) is 1.53. The van der Waals surface area contributed by atoms with Crippen LogP contribution in [0.2, 0.25) is 0 Å². The summed E-state index contributed by atoms with van der Waals surface area (Å²) in [6, 6.07) is 28.2. The first-order valence-electron chi connectivity index (χ1n) is 11.9. The van der Waals surface area contributed by atoms with E-state index in [1.807, 2.05) is 72.5 Å². The average Bonchev–Trinajstić information content (AvgIpc) is 2.90. The number of rotatable bonds is 5. The molecule has 6 nitrogen and oxygen atoms in total. The van der Waals surface area contributed by atoms with Crippen molar-refractivity contribution in [1.82, 2.24) is 14.9 Å². The molecule has 2 heterocycles. The third-order valence-electron chi connectivity index (χ3n) is 6.26. The highest BCUT2D eigenvalue weighted by Crippen LogP contribution is 2.22. The zero-order chi connectivity index (χ0) is 24.2. The summed E-state index contributed by atoms with van der Waals surface area (Å²) in [5, 5.41) is 3.37. The number of nitrogens with one attached hydrogen (secondary N) is 1. The van der Waals surface area contributed by atoms with Crippen LogP contribution in [-0.4, -0.2) is 47.0 Å². The molecule has 0 aliphatic carbocycles. The van der Waals surface area contributed by atoms with Crippen LogP contribution >= 0.6 is 12.4 Å². The van der Waals surface area contributed by atoms with Gasteiger partial charge in [-0.05, 0) is 49.2 Å². The number of hydrogen-bond donors (Lipinski definition) is 1. The number of amides is 1. The molecule has 0 radical (unpaired) electrons. The maximum Gasteiger partial charge on any atom is 0.253 e. The Balaban J connectivity index is 0.00000304. The van der Waals surface area contributed by atoms with Gasteiger partial charge in [-0.25, -0.2) is 4.98 Å². The van der Waals surface area contributed by atoms with Crippen LogP contribution in [0.1, 0.15) is 21.6 Å². The Kier molecular flexibility index (Phi) is 7.86. The Labute approximate surface area is 218 Å². The van der Waals surface area contributed by atoms with Gasteiger partial charge >= 0.3 is 0 Å². The van der Waals surface area contributed by atoms with E-state index in [4.69, 9.17) is 4.98 Å². The third kappa shape index (κ3) is 5.83. The topological polar surface area (TPSA) is 61.4 Å². The van der Waals surface area contributed by atoms with Gasteiger partial charge in [0, 0.05) is 49.2 Å². The van der Waals surface area contributed by atoms with Crippen molar-refractivity contribution in [3.63, 3.8) is 0 Å². The van der Waals surface area contributed by atoms with Crippen LogP contribution in [0.25, 0.3) is 11.1 Å². The van der Waals surface area contributed by atoms with Gasteiger partial charge < -0.3 is 15.1 Å². The molecule has 0 unspecified atom stereocenters. The summed E-state index contributed by atoms with van der Waals surface area (Å²) in [5.41, 5.74) is 6.09. The molecule has 1 amide bonds. The lowest BCUT2D eigenvalue weighted by Crippen LogP contribution is -2.49. The standard InChI is InChI=1S/C29H29N5O.ClH/c1-21-8-14-26(15-9-21)31-27-20-22(2)30-29(32-27)34-18-16-33(17-19-34)28(35)25-12-10-24(11-13-25)23-6-4-3-5-7-23;/h3-15,20H,16-19H2,1-2H3,(H,30,31,32);1H.